The molecule has 2 aromatic rings. The van der Waals surface area contributed by atoms with Crippen LogP contribution in [-0.2, 0) is 5.75 Å². The zero-order chi connectivity index (χ0) is 17.5. The molecule has 0 saturated heterocycles. The molecule has 128 valence electrons. The molecule has 24 heavy (non-hydrogen) atoms. The molecule has 0 spiro atoms. The molecular formula is C18H21NO4S. The Hall–Kier alpha value is -2.21. The number of thioether (sulfide) groups is 1. The highest BCUT2D eigenvalue weighted by Gasteiger charge is 2.17. The molecule has 0 aliphatic rings. The average molecular weight is 347 g/mol. The largest absolute Gasteiger partial charge is 0.478 e. The summed E-state index contributed by atoms with van der Waals surface area (Å²) in [5.41, 5.74) is 0.749. The Balaban J connectivity index is 2.12. The molecule has 5 nitrogen and oxygen atoms in total. The molecule has 1 aromatic carbocycles. The van der Waals surface area contributed by atoms with Gasteiger partial charge in [-0.3, -0.25) is 4.79 Å². The summed E-state index contributed by atoms with van der Waals surface area (Å²) in [7, 11) is 0. The molecule has 0 fully saturated rings. The van der Waals surface area contributed by atoms with Gasteiger partial charge in [-0.25, -0.2) is 4.79 Å². The fourth-order valence-electron chi connectivity index (χ4n) is 2.32. The summed E-state index contributed by atoms with van der Waals surface area (Å²) in [5.74, 6) is -0.379. The Bertz CT molecular complexity index is 707. The molecule has 0 atom stereocenters. The van der Waals surface area contributed by atoms with Crippen molar-refractivity contribution in [3.05, 3.63) is 53.5 Å². The monoisotopic (exact) mass is 347 g/mol. The van der Waals surface area contributed by atoms with E-state index in [0.717, 1.165) is 17.7 Å². The molecule has 0 aliphatic heterocycles. The Morgan fingerprint density at radius 1 is 1.17 bits per heavy atom. The molecule has 1 aromatic heterocycles. The normalized spacial score (nSPS) is 10.8. The van der Waals surface area contributed by atoms with Crippen LogP contribution < -0.4 is 5.32 Å². The van der Waals surface area contributed by atoms with Gasteiger partial charge in [0.05, 0.1) is 17.6 Å². The average Bonchev–Trinajstić information content (AvgIpc) is 3.06. The molecule has 6 heteroatoms. The summed E-state index contributed by atoms with van der Waals surface area (Å²) in [6.45, 7) is 4.08. The summed E-state index contributed by atoms with van der Waals surface area (Å²) >= 11 is 1.39. The maximum absolute atomic E-state index is 12.5. The second kappa shape index (κ2) is 8.59. The van der Waals surface area contributed by atoms with Crippen LogP contribution in [0, 0.1) is 0 Å². The number of furan rings is 1. The van der Waals surface area contributed by atoms with Gasteiger partial charge in [0.1, 0.15) is 11.3 Å². The van der Waals surface area contributed by atoms with Crippen molar-refractivity contribution in [2.24, 2.45) is 0 Å². The lowest BCUT2D eigenvalue weighted by Gasteiger charge is -2.16. The molecular weight excluding hydrogens is 326 g/mol. The number of carboxylic acids is 1. The van der Waals surface area contributed by atoms with Crippen LogP contribution in [0.3, 0.4) is 0 Å². The van der Waals surface area contributed by atoms with Crippen LogP contribution in [0.2, 0.25) is 0 Å². The van der Waals surface area contributed by atoms with Crippen LogP contribution in [-0.4, -0.2) is 23.0 Å². The molecule has 0 unspecified atom stereocenters. The van der Waals surface area contributed by atoms with E-state index in [1.807, 2.05) is 32.0 Å². The van der Waals surface area contributed by atoms with Gasteiger partial charge in [0, 0.05) is 10.9 Å². The van der Waals surface area contributed by atoms with E-state index in [2.05, 4.69) is 5.32 Å². The number of hydrogen-bond acceptors (Lipinski definition) is 4. The van der Waals surface area contributed by atoms with Crippen LogP contribution >= 0.6 is 11.8 Å². The number of carbonyl (C=O) groups excluding carboxylic acids is 1. The van der Waals surface area contributed by atoms with E-state index < -0.39 is 5.97 Å². The molecule has 1 heterocycles. The highest BCUT2D eigenvalue weighted by molar-refractivity contribution is 7.98. The van der Waals surface area contributed by atoms with Crippen molar-refractivity contribution >= 4 is 23.6 Å². The number of nitrogens with one attached hydrogen (secondary N) is 1. The first-order valence-electron chi connectivity index (χ1n) is 7.89. The number of rotatable bonds is 8. The third-order valence-corrected chi connectivity index (χ3v) is 4.86. The van der Waals surface area contributed by atoms with Crippen LogP contribution in [0.5, 0.6) is 0 Å². The number of benzene rings is 1. The zero-order valence-electron chi connectivity index (χ0n) is 13.7. The van der Waals surface area contributed by atoms with Gasteiger partial charge in [-0.05, 0) is 31.0 Å². The molecule has 2 rings (SSSR count). The van der Waals surface area contributed by atoms with E-state index in [9.17, 15) is 9.59 Å². The minimum atomic E-state index is -1.01. The van der Waals surface area contributed by atoms with Crippen molar-refractivity contribution in [1.82, 2.24) is 5.32 Å². The topological polar surface area (TPSA) is 79.5 Å². The highest BCUT2D eigenvalue weighted by atomic mass is 32.2. The van der Waals surface area contributed by atoms with Gasteiger partial charge in [-0.2, -0.15) is 0 Å². The predicted molar refractivity (Wildman–Crippen MR) is 93.5 cm³/mol. The van der Waals surface area contributed by atoms with Crippen LogP contribution in [0.25, 0.3) is 0 Å². The van der Waals surface area contributed by atoms with Gasteiger partial charge >= 0.3 is 5.97 Å². The van der Waals surface area contributed by atoms with Crippen molar-refractivity contribution in [3.63, 3.8) is 0 Å². The van der Waals surface area contributed by atoms with Crippen molar-refractivity contribution in [3.8, 4) is 0 Å². The standard InChI is InChI=1S/C18H21NO4S/c1-3-12(4-2)19-17(20)14-7-5-6-8-16(14)24-11-15-13(18(21)22)9-10-23-15/h5-10,12H,3-4,11H2,1-2H3,(H,19,20)(H,21,22). The van der Waals surface area contributed by atoms with E-state index in [0.29, 0.717) is 17.1 Å². The van der Waals surface area contributed by atoms with E-state index in [1.165, 1.54) is 24.1 Å². The number of carboxylic acid groups (broad SMARTS) is 1. The quantitative estimate of drug-likeness (QED) is 0.700. The SMILES string of the molecule is CCC(CC)NC(=O)c1ccccc1SCc1occc1C(=O)O. The van der Waals surface area contributed by atoms with Gasteiger partial charge in [0.15, 0.2) is 0 Å². The van der Waals surface area contributed by atoms with Gasteiger partial charge in [0.2, 0.25) is 0 Å². The van der Waals surface area contributed by atoms with Crippen molar-refractivity contribution in [2.75, 3.05) is 0 Å². The molecule has 1 amide bonds. The lowest BCUT2D eigenvalue weighted by molar-refractivity contribution is 0.0694. The molecule has 0 radical (unpaired) electrons. The van der Waals surface area contributed by atoms with E-state index in [-0.39, 0.29) is 17.5 Å². The fourth-order valence-corrected chi connectivity index (χ4v) is 3.32. The van der Waals surface area contributed by atoms with Crippen LogP contribution in [0.15, 0.2) is 45.9 Å². The van der Waals surface area contributed by atoms with Gasteiger partial charge < -0.3 is 14.8 Å². The Kier molecular flexibility index (Phi) is 6.49. The van der Waals surface area contributed by atoms with Crippen LogP contribution in [0.4, 0.5) is 0 Å². The maximum Gasteiger partial charge on any atom is 0.339 e. The Morgan fingerprint density at radius 2 is 1.88 bits per heavy atom. The van der Waals surface area contributed by atoms with Gasteiger partial charge in [0.25, 0.3) is 5.91 Å². The van der Waals surface area contributed by atoms with Gasteiger partial charge in [-0.15, -0.1) is 11.8 Å². The van der Waals surface area contributed by atoms with E-state index >= 15 is 0 Å². The van der Waals surface area contributed by atoms with Crippen molar-refractivity contribution in [1.29, 1.82) is 0 Å². The number of amides is 1. The van der Waals surface area contributed by atoms with Crippen molar-refractivity contribution < 1.29 is 19.1 Å². The number of hydrogen-bond donors (Lipinski definition) is 2. The maximum atomic E-state index is 12.5. The lowest BCUT2D eigenvalue weighted by Crippen LogP contribution is -2.34. The third-order valence-electron chi connectivity index (χ3n) is 3.79. The molecule has 2 N–H and O–H groups in total. The van der Waals surface area contributed by atoms with Crippen molar-refractivity contribution in [2.45, 2.75) is 43.4 Å². The molecule has 0 saturated carbocycles. The third kappa shape index (κ3) is 4.41. The minimum Gasteiger partial charge on any atom is -0.478 e. The van der Waals surface area contributed by atoms with Crippen LogP contribution in [0.1, 0.15) is 53.2 Å². The molecule has 0 bridgehead atoms. The molecule has 0 aliphatic carbocycles. The summed E-state index contributed by atoms with van der Waals surface area (Å²) in [6, 6.07) is 8.90. The van der Waals surface area contributed by atoms with E-state index in [1.54, 1.807) is 6.07 Å². The second-order valence-corrected chi connectivity index (χ2v) is 6.35. The predicted octanol–water partition coefficient (Wildman–Crippen LogP) is 4.19. The summed E-state index contributed by atoms with van der Waals surface area (Å²) in [6.07, 6.45) is 3.13. The first-order chi connectivity index (χ1) is 11.6. The minimum absolute atomic E-state index is 0.107. The highest BCUT2D eigenvalue weighted by Crippen LogP contribution is 2.28. The first-order valence-corrected chi connectivity index (χ1v) is 8.87. The summed E-state index contributed by atoms with van der Waals surface area (Å²) in [4.78, 5) is 24.4. The number of carbonyl (C=O) groups is 2. The fraction of sp³-hybridized carbons (Fsp3) is 0.333. The van der Waals surface area contributed by atoms with E-state index in [4.69, 9.17) is 9.52 Å². The summed E-state index contributed by atoms with van der Waals surface area (Å²) < 4.78 is 5.25. The smallest absolute Gasteiger partial charge is 0.339 e. The lowest BCUT2D eigenvalue weighted by atomic mass is 10.1. The Labute approximate surface area is 145 Å². The zero-order valence-corrected chi connectivity index (χ0v) is 14.6. The number of aromatic carboxylic acids is 1. The second-order valence-electron chi connectivity index (χ2n) is 5.33. The first kappa shape index (κ1) is 18.1. The Morgan fingerprint density at radius 3 is 2.54 bits per heavy atom. The van der Waals surface area contributed by atoms with Gasteiger partial charge in [-0.1, -0.05) is 26.0 Å². The summed E-state index contributed by atoms with van der Waals surface area (Å²) in [5, 5.41) is 12.1.